The van der Waals surface area contributed by atoms with Crippen LogP contribution in [0, 0.1) is 5.41 Å². The molecule has 4 rings (SSSR count). The topological polar surface area (TPSA) is 124 Å². The Hall–Kier alpha value is -3.94. The second-order valence-electron chi connectivity index (χ2n) is 7.97. The summed E-state index contributed by atoms with van der Waals surface area (Å²) in [6, 6.07) is 12.9. The average Bonchev–Trinajstić information content (AvgIpc) is 3.06. The molecule has 8 nitrogen and oxygen atoms in total. The highest BCUT2D eigenvalue weighted by atomic mass is 16.4. The van der Waals surface area contributed by atoms with Crippen LogP contribution in [0.15, 0.2) is 48.7 Å². The fourth-order valence-corrected chi connectivity index (χ4v) is 3.88. The highest BCUT2D eigenvalue weighted by molar-refractivity contribution is 6.09. The third-order valence-corrected chi connectivity index (χ3v) is 5.39. The van der Waals surface area contributed by atoms with Gasteiger partial charge in [0.25, 0.3) is 0 Å². The summed E-state index contributed by atoms with van der Waals surface area (Å²) in [5.41, 5.74) is 2.58. The van der Waals surface area contributed by atoms with Crippen molar-refractivity contribution in [3.8, 4) is 11.3 Å². The molecule has 4 N–H and O–H groups in total. The molecule has 1 aliphatic carbocycles. The van der Waals surface area contributed by atoms with Gasteiger partial charge in [-0.2, -0.15) is 0 Å². The molecule has 0 unspecified atom stereocenters. The van der Waals surface area contributed by atoms with E-state index in [1.165, 1.54) is 6.92 Å². The number of carboxylic acids is 1. The maximum atomic E-state index is 13.1. The summed E-state index contributed by atoms with van der Waals surface area (Å²) >= 11 is 0. The molecule has 1 aliphatic rings. The Morgan fingerprint density at radius 3 is 2.58 bits per heavy atom. The minimum Gasteiger partial charge on any atom is -0.481 e. The Labute approximate surface area is 178 Å². The van der Waals surface area contributed by atoms with Crippen molar-refractivity contribution in [2.75, 3.05) is 10.6 Å². The highest BCUT2D eigenvalue weighted by Crippen LogP contribution is 2.43. The SMILES string of the molecule is CC(=O)Nc1cc(-c2[nH]c3c(c2Nc2ccccc2)C(=O)C[C@@](C)(C(=O)O)C3)ccn1. The molecule has 0 fully saturated rings. The Morgan fingerprint density at radius 1 is 1.16 bits per heavy atom. The smallest absolute Gasteiger partial charge is 0.310 e. The lowest BCUT2D eigenvalue weighted by Gasteiger charge is -2.28. The molecule has 1 aromatic carbocycles. The summed E-state index contributed by atoms with van der Waals surface area (Å²) in [5, 5.41) is 15.6. The number of Topliss-reactive ketones (excluding diaryl/α,β-unsaturated/α-hetero) is 1. The van der Waals surface area contributed by atoms with Gasteiger partial charge >= 0.3 is 5.97 Å². The number of nitrogens with one attached hydrogen (secondary N) is 3. The van der Waals surface area contributed by atoms with E-state index >= 15 is 0 Å². The first kappa shape index (κ1) is 20.3. The molecular formula is C23H22N4O4. The molecule has 1 atom stereocenters. The fraction of sp³-hybridized carbons (Fsp3) is 0.217. The minimum absolute atomic E-state index is 0.0798. The maximum Gasteiger partial charge on any atom is 0.310 e. The lowest BCUT2D eigenvalue weighted by atomic mass is 9.74. The molecule has 0 saturated carbocycles. The normalized spacial score (nSPS) is 17.7. The Balaban J connectivity index is 1.86. The number of benzene rings is 1. The zero-order valence-electron chi connectivity index (χ0n) is 17.2. The van der Waals surface area contributed by atoms with Gasteiger partial charge in [0.05, 0.1) is 22.4 Å². The number of aromatic amines is 1. The molecule has 8 heteroatoms. The number of ketones is 1. The van der Waals surface area contributed by atoms with Crippen LogP contribution in [0.3, 0.4) is 0 Å². The number of carbonyl (C=O) groups is 3. The molecule has 3 aromatic rings. The van der Waals surface area contributed by atoms with Crippen molar-refractivity contribution < 1.29 is 19.5 Å². The standard InChI is InChI=1S/C23H22N4O4/c1-13(28)25-18-10-14(8-9-24-18)20-21(26-15-6-4-3-5-7-15)19-16(27-20)11-23(2,22(30)31)12-17(19)29/h3-10,26-27H,11-12H2,1-2H3,(H,30,31)(H,24,25,28)/t23-/m0/s1. The first-order valence-electron chi connectivity index (χ1n) is 9.84. The third kappa shape index (κ3) is 3.92. The van der Waals surface area contributed by atoms with E-state index < -0.39 is 11.4 Å². The number of hydrogen-bond donors (Lipinski definition) is 4. The van der Waals surface area contributed by atoms with Gasteiger partial charge in [0.15, 0.2) is 5.78 Å². The summed E-state index contributed by atoms with van der Waals surface area (Å²) in [7, 11) is 0. The minimum atomic E-state index is -1.17. The number of pyridine rings is 1. The number of H-pyrrole nitrogens is 1. The van der Waals surface area contributed by atoms with E-state index in [-0.39, 0.29) is 24.5 Å². The van der Waals surface area contributed by atoms with Crippen molar-refractivity contribution in [2.45, 2.75) is 26.7 Å². The van der Waals surface area contributed by atoms with Gasteiger partial charge in [-0.05, 0) is 31.2 Å². The van der Waals surface area contributed by atoms with Crippen molar-refractivity contribution in [3.05, 3.63) is 59.9 Å². The number of amides is 1. The first-order chi connectivity index (χ1) is 14.8. The van der Waals surface area contributed by atoms with Crippen LogP contribution < -0.4 is 10.6 Å². The number of carboxylic acid groups (broad SMARTS) is 1. The largest absolute Gasteiger partial charge is 0.481 e. The van der Waals surface area contributed by atoms with Gasteiger partial charge < -0.3 is 20.7 Å². The molecule has 0 radical (unpaired) electrons. The van der Waals surface area contributed by atoms with E-state index in [2.05, 4.69) is 20.6 Å². The van der Waals surface area contributed by atoms with Gasteiger partial charge in [0, 0.05) is 42.9 Å². The summed E-state index contributed by atoms with van der Waals surface area (Å²) < 4.78 is 0. The van der Waals surface area contributed by atoms with Crippen molar-refractivity contribution in [2.24, 2.45) is 5.41 Å². The molecule has 158 valence electrons. The monoisotopic (exact) mass is 418 g/mol. The molecule has 1 amide bonds. The average molecular weight is 418 g/mol. The summed E-state index contributed by atoms with van der Waals surface area (Å²) in [4.78, 5) is 43.7. The van der Waals surface area contributed by atoms with Gasteiger partial charge in [-0.3, -0.25) is 14.4 Å². The number of aromatic nitrogens is 2. The number of aliphatic carboxylic acids is 1. The van der Waals surface area contributed by atoms with E-state index in [1.54, 1.807) is 25.3 Å². The zero-order chi connectivity index (χ0) is 22.2. The Morgan fingerprint density at radius 2 is 1.90 bits per heavy atom. The Bertz CT molecular complexity index is 1190. The number of rotatable bonds is 5. The second-order valence-corrected chi connectivity index (χ2v) is 7.97. The van der Waals surface area contributed by atoms with Crippen molar-refractivity contribution in [1.82, 2.24) is 9.97 Å². The van der Waals surface area contributed by atoms with Crippen LogP contribution in [-0.2, 0) is 16.0 Å². The second kappa shape index (κ2) is 7.71. The predicted molar refractivity (Wildman–Crippen MR) is 116 cm³/mol. The van der Waals surface area contributed by atoms with Crippen LogP contribution >= 0.6 is 0 Å². The van der Waals surface area contributed by atoms with Crippen molar-refractivity contribution in [1.29, 1.82) is 0 Å². The molecular weight excluding hydrogens is 396 g/mol. The molecule has 0 aliphatic heterocycles. The number of fused-ring (bicyclic) bond motifs is 1. The first-order valence-corrected chi connectivity index (χ1v) is 9.84. The maximum absolute atomic E-state index is 13.1. The van der Waals surface area contributed by atoms with Crippen LogP contribution in [0.25, 0.3) is 11.3 Å². The predicted octanol–water partition coefficient (Wildman–Crippen LogP) is 4.00. The highest BCUT2D eigenvalue weighted by Gasteiger charge is 2.43. The quantitative estimate of drug-likeness (QED) is 0.496. The lowest BCUT2D eigenvalue weighted by Crippen LogP contribution is -2.36. The van der Waals surface area contributed by atoms with E-state index in [0.717, 1.165) is 5.69 Å². The van der Waals surface area contributed by atoms with Crippen LogP contribution in [0.2, 0.25) is 0 Å². The molecule has 31 heavy (non-hydrogen) atoms. The van der Waals surface area contributed by atoms with Crippen molar-refractivity contribution >= 4 is 34.9 Å². The lowest BCUT2D eigenvalue weighted by molar-refractivity contribution is -0.148. The third-order valence-electron chi connectivity index (χ3n) is 5.39. The summed E-state index contributed by atoms with van der Waals surface area (Å²) in [6.45, 7) is 2.98. The van der Waals surface area contributed by atoms with Gasteiger partial charge in [0.2, 0.25) is 5.91 Å². The van der Waals surface area contributed by atoms with Crippen LogP contribution in [0.5, 0.6) is 0 Å². The van der Waals surface area contributed by atoms with Gasteiger partial charge in [0.1, 0.15) is 5.82 Å². The number of carbonyl (C=O) groups excluding carboxylic acids is 2. The van der Waals surface area contributed by atoms with E-state index in [9.17, 15) is 19.5 Å². The number of para-hydroxylation sites is 1. The van der Waals surface area contributed by atoms with Crippen LogP contribution in [0.1, 0.15) is 36.3 Å². The molecule has 2 heterocycles. The van der Waals surface area contributed by atoms with E-state index in [4.69, 9.17) is 0 Å². The van der Waals surface area contributed by atoms with Gasteiger partial charge in [-0.15, -0.1) is 0 Å². The zero-order valence-corrected chi connectivity index (χ0v) is 17.2. The molecule has 0 bridgehead atoms. The molecule has 0 saturated heterocycles. The fourth-order valence-electron chi connectivity index (χ4n) is 3.88. The van der Waals surface area contributed by atoms with E-state index in [0.29, 0.717) is 34.0 Å². The van der Waals surface area contributed by atoms with Gasteiger partial charge in [-0.25, -0.2) is 4.98 Å². The summed E-state index contributed by atoms with van der Waals surface area (Å²) in [6.07, 6.45) is 1.69. The van der Waals surface area contributed by atoms with Crippen LogP contribution in [-0.4, -0.2) is 32.7 Å². The number of anilines is 3. The molecule has 2 aromatic heterocycles. The number of hydrogen-bond acceptors (Lipinski definition) is 5. The van der Waals surface area contributed by atoms with Crippen LogP contribution in [0.4, 0.5) is 17.2 Å². The van der Waals surface area contributed by atoms with Crippen molar-refractivity contribution in [3.63, 3.8) is 0 Å². The molecule has 0 spiro atoms. The summed E-state index contributed by atoms with van der Waals surface area (Å²) in [5.74, 6) is -1.10. The van der Waals surface area contributed by atoms with Gasteiger partial charge in [-0.1, -0.05) is 18.2 Å². The Kier molecular flexibility index (Phi) is 5.06. The van der Waals surface area contributed by atoms with E-state index in [1.807, 2.05) is 30.3 Å². The number of nitrogens with zero attached hydrogens (tertiary/aromatic N) is 1.